The molecule has 0 saturated heterocycles. The van der Waals surface area contributed by atoms with Crippen LogP contribution in [0.2, 0.25) is 0 Å². The van der Waals surface area contributed by atoms with Crippen molar-refractivity contribution in [3.8, 4) is 22.6 Å². The SMILES string of the molecule is Cn1cc(CCc2c(C(=O)O)cnn2-c2cccc(-c3cccc(OCC4CCCCC4)c3)c2)nn1. The smallest absolute Gasteiger partial charge is 0.339 e. The van der Waals surface area contributed by atoms with Crippen LogP contribution in [0.4, 0.5) is 0 Å². The Kier molecular flexibility index (Phi) is 7.11. The Bertz CT molecular complexity index is 1340. The number of nitrogens with zero attached hydrogens (tertiary/aromatic N) is 5. The molecule has 5 rings (SSSR count). The average molecular weight is 486 g/mol. The van der Waals surface area contributed by atoms with Gasteiger partial charge in [0.1, 0.15) is 11.3 Å². The van der Waals surface area contributed by atoms with Crippen molar-refractivity contribution in [3.05, 3.63) is 77.9 Å². The number of aryl methyl sites for hydroxylation is 2. The average Bonchev–Trinajstić information content (AvgIpc) is 3.53. The number of ether oxygens (including phenoxy) is 1. The molecular formula is C28H31N5O3. The molecule has 1 N–H and O–H groups in total. The molecule has 1 saturated carbocycles. The van der Waals surface area contributed by atoms with Crippen LogP contribution in [0.3, 0.4) is 0 Å². The van der Waals surface area contributed by atoms with Crippen molar-refractivity contribution in [1.82, 2.24) is 24.8 Å². The van der Waals surface area contributed by atoms with E-state index in [2.05, 4.69) is 27.5 Å². The molecule has 186 valence electrons. The first-order valence-electron chi connectivity index (χ1n) is 12.6. The molecule has 1 fully saturated rings. The molecule has 0 bridgehead atoms. The lowest BCUT2D eigenvalue weighted by Crippen LogP contribution is -2.15. The lowest BCUT2D eigenvalue weighted by Gasteiger charge is -2.21. The highest BCUT2D eigenvalue weighted by molar-refractivity contribution is 5.88. The number of aromatic carboxylic acids is 1. The van der Waals surface area contributed by atoms with Crippen molar-refractivity contribution < 1.29 is 14.6 Å². The van der Waals surface area contributed by atoms with E-state index >= 15 is 0 Å². The van der Waals surface area contributed by atoms with Gasteiger partial charge in [0.05, 0.1) is 29.9 Å². The van der Waals surface area contributed by atoms with Gasteiger partial charge >= 0.3 is 5.97 Å². The molecule has 2 aromatic heterocycles. The van der Waals surface area contributed by atoms with Gasteiger partial charge in [-0.3, -0.25) is 4.68 Å². The van der Waals surface area contributed by atoms with Gasteiger partial charge in [-0.05, 0) is 67.0 Å². The largest absolute Gasteiger partial charge is 0.493 e. The summed E-state index contributed by atoms with van der Waals surface area (Å²) >= 11 is 0. The first kappa shape index (κ1) is 23.8. The number of aromatic nitrogens is 5. The van der Waals surface area contributed by atoms with Crippen molar-refractivity contribution in [2.24, 2.45) is 13.0 Å². The monoisotopic (exact) mass is 485 g/mol. The number of carboxylic acid groups (broad SMARTS) is 1. The minimum Gasteiger partial charge on any atom is -0.493 e. The first-order valence-corrected chi connectivity index (χ1v) is 12.6. The Hall–Kier alpha value is -3.94. The Labute approximate surface area is 210 Å². The molecule has 0 amide bonds. The van der Waals surface area contributed by atoms with Crippen LogP contribution in [0.15, 0.2) is 60.9 Å². The fourth-order valence-corrected chi connectivity index (χ4v) is 4.92. The number of carbonyl (C=O) groups is 1. The molecule has 0 atom stereocenters. The summed E-state index contributed by atoms with van der Waals surface area (Å²) in [7, 11) is 1.81. The van der Waals surface area contributed by atoms with Gasteiger partial charge in [-0.2, -0.15) is 5.10 Å². The van der Waals surface area contributed by atoms with E-state index in [0.29, 0.717) is 24.5 Å². The quantitative estimate of drug-likeness (QED) is 0.354. The first-order chi connectivity index (χ1) is 17.6. The minimum atomic E-state index is -0.991. The molecule has 8 heteroatoms. The highest BCUT2D eigenvalue weighted by atomic mass is 16.5. The van der Waals surface area contributed by atoms with Crippen molar-refractivity contribution in [3.63, 3.8) is 0 Å². The van der Waals surface area contributed by atoms with E-state index in [0.717, 1.165) is 34.9 Å². The normalized spacial score (nSPS) is 14.1. The fourth-order valence-electron chi connectivity index (χ4n) is 4.92. The van der Waals surface area contributed by atoms with Crippen molar-refractivity contribution in [2.75, 3.05) is 6.61 Å². The summed E-state index contributed by atoms with van der Waals surface area (Å²) in [6.07, 6.45) is 10.8. The molecule has 2 aromatic carbocycles. The summed E-state index contributed by atoms with van der Waals surface area (Å²) in [5.41, 5.74) is 4.51. The maximum atomic E-state index is 11.9. The van der Waals surface area contributed by atoms with Gasteiger partial charge in [-0.15, -0.1) is 5.10 Å². The van der Waals surface area contributed by atoms with Crippen LogP contribution in [0.5, 0.6) is 5.75 Å². The summed E-state index contributed by atoms with van der Waals surface area (Å²) in [5.74, 6) is 0.532. The second-order valence-electron chi connectivity index (χ2n) is 9.50. The summed E-state index contributed by atoms with van der Waals surface area (Å²) in [6.45, 7) is 0.768. The van der Waals surface area contributed by atoms with E-state index < -0.39 is 5.97 Å². The third-order valence-corrected chi connectivity index (χ3v) is 6.84. The summed E-state index contributed by atoms with van der Waals surface area (Å²) in [5, 5.41) is 22.3. The number of carboxylic acids is 1. The number of hydrogen-bond acceptors (Lipinski definition) is 5. The molecule has 1 aliphatic carbocycles. The molecule has 36 heavy (non-hydrogen) atoms. The zero-order valence-corrected chi connectivity index (χ0v) is 20.5. The maximum absolute atomic E-state index is 11.9. The highest BCUT2D eigenvalue weighted by Gasteiger charge is 2.19. The van der Waals surface area contributed by atoms with Gasteiger partial charge in [-0.25, -0.2) is 9.48 Å². The highest BCUT2D eigenvalue weighted by Crippen LogP contribution is 2.29. The third kappa shape index (κ3) is 5.48. The van der Waals surface area contributed by atoms with Crippen LogP contribution in [0, 0.1) is 5.92 Å². The minimum absolute atomic E-state index is 0.197. The second kappa shape index (κ2) is 10.8. The van der Waals surface area contributed by atoms with Crippen molar-refractivity contribution in [1.29, 1.82) is 0 Å². The molecule has 0 unspecified atom stereocenters. The Morgan fingerprint density at radius 2 is 1.83 bits per heavy atom. The maximum Gasteiger partial charge on any atom is 0.339 e. The fraction of sp³-hybridized carbons (Fsp3) is 0.357. The van der Waals surface area contributed by atoms with E-state index in [1.807, 2.05) is 49.6 Å². The van der Waals surface area contributed by atoms with Crippen molar-refractivity contribution >= 4 is 5.97 Å². The lowest BCUT2D eigenvalue weighted by molar-refractivity contribution is 0.0695. The summed E-state index contributed by atoms with van der Waals surface area (Å²) in [6, 6.07) is 16.1. The van der Waals surface area contributed by atoms with Crippen LogP contribution in [-0.2, 0) is 19.9 Å². The molecule has 2 heterocycles. The second-order valence-corrected chi connectivity index (χ2v) is 9.50. The van der Waals surface area contributed by atoms with E-state index in [9.17, 15) is 9.90 Å². The van der Waals surface area contributed by atoms with Gasteiger partial charge < -0.3 is 9.84 Å². The molecule has 8 nitrogen and oxygen atoms in total. The topological polar surface area (TPSA) is 95.1 Å². The predicted octanol–water partition coefficient (Wildman–Crippen LogP) is 5.11. The molecular weight excluding hydrogens is 454 g/mol. The molecule has 0 aliphatic heterocycles. The van der Waals surface area contributed by atoms with Gasteiger partial charge in [0, 0.05) is 13.2 Å². The summed E-state index contributed by atoms with van der Waals surface area (Å²) in [4.78, 5) is 11.9. The number of benzene rings is 2. The number of rotatable bonds is 9. The molecule has 0 spiro atoms. The van der Waals surface area contributed by atoms with E-state index in [4.69, 9.17) is 4.74 Å². The van der Waals surface area contributed by atoms with Gasteiger partial charge in [0.2, 0.25) is 0 Å². The van der Waals surface area contributed by atoms with Crippen LogP contribution in [0.1, 0.15) is 53.8 Å². The Morgan fingerprint density at radius 1 is 1.06 bits per heavy atom. The van der Waals surface area contributed by atoms with E-state index in [1.54, 1.807) is 9.36 Å². The zero-order chi connectivity index (χ0) is 24.9. The molecule has 1 aliphatic rings. The molecule has 0 radical (unpaired) electrons. The summed E-state index contributed by atoms with van der Waals surface area (Å²) < 4.78 is 9.51. The molecule has 4 aromatic rings. The van der Waals surface area contributed by atoms with Crippen LogP contribution in [-0.4, -0.2) is 42.5 Å². The van der Waals surface area contributed by atoms with Gasteiger partial charge in [0.15, 0.2) is 0 Å². The zero-order valence-electron chi connectivity index (χ0n) is 20.5. The standard InChI is InChI=1S/C28H31N5O3/c1-32-18-23(30-31-32)13-14-27-26(28(34)35)17-29-33(27)24-11-5-9-21(15-24)22-10-6-12-25(16-22)36-19-20-7-3-2-4-8-20/h5-6,9-12,15-18,20H,2-4,7-8,13-14,19H2,1H3,(H,34,35). The van der Waals surface area contributed by atoms with Crippen LogP contribution in [0.25, 0.3) is 16.8 Å². The van der Waals surface area contributed by atoms with Crippen LogP contribution < -0.4 is 4.74 Å². The van der Waals surface area contributed by atoms with Crippen molar-refractivity contribution in [2.45, 2.75) is 44.9 Å². The van der Waals surface area contributed by atoms with Gasteiger partial charge in [-0.1, -0.05) is 48.7 Å². The third-order valence-electron chi connectivity index (χ3n) is 6.84. The van der Waals surface area contributed by atoms with E-state index in [-0.39, 0.29) is 5.56 Å². The Balaban J connectivity index is 1.37. The van der Waals surface area contributed by atoms with E-state index in [1.165, 1.54) is 38.3 Å². The number of hydrogen-bond donors (Lipinski definition) is 1. The lowest BCUT2D eigenvalue weighted by atomic mass is 9.90. The predicted molar refractivity (Wildman–Crippen MR) is 136 cm³/mol. The Morgan fingerprint density at radius 3 is 2.58 bits per heavy atom. The van der Waals surface area contributed by atoms with Crippen LogP contribution >= 0.6 is 0 Å². The van der Waals surface area contributed by atoms with Gasteiger partial charge in [0.25, 0.3) is 0 Å².